The summed E-state index contributed by atoms with van der Waals surface area (Å²) in [4.78, 5) is 6.28. The number of benzene rings is 1. The fourth-order valence-corrected chi connectivity index (χ4v) is 2.22. The minimum absolute atomic E-state index is 0.0190. The molecule has 0 unspecified atom stereocenters. The summed E-state index contributed by atoms with van der Waals surface area (Å²) in [6.07, 6.45) is 1.62. The van der Waals surface area contributed by atoms with Gasteiger partial charge >= 0.3 is 0 Å². The molecule has 0 aliphatic carbocycles. The molecule has 110 valence electrons. The largest absolute Gasteiger partial charge is 0.409 e. The molecule has 0 amide bonds. The lowest BCUT2D eigenvalue weighted by molar-refractivity contribution is 0.314. The summed E-state index contributed by atoms with van der Waals surface area (Å²) in [5.41, 5.74) is 8.22. The van der Waals surface area contributed by atoms with E-state index in [2.05, 4.69) is 15.0 Å². The Morgan fingerprint density at radius 2 is 2.00 bits per heavy atom. The molecule has 0 spiro atoms. The smallest absolute Gasteiger partial charge is 0.189 e. The molecule has 2 rings (SSSR count). The number of nitrogens with zero attached hydrogens (tertiary/aromatic N) is 3. The normalized spacial score (nSPS) is 11.9. The molecule has 0 aliphatic rings. The third-order valence-electron chi connectivity index (χ3n) is 3.05. The number of amidine groups is 1. The van der Waals surface area contributed by atoms with Crippen molar-refractivity contribution in [3.8, 4) is 0 Å². The van der Waals surface area contributed by atoms with Gasteiger partial charge < -0.3 is 10.9 Å². The fraction of sp³-hybridized carbons (Fsp3) is 0.200. The number of nitrogens with two attached hydrogens (primary N) is 1. The van der Waals surface area contributed by atoms with Crippen LogP contribution in [0.3, 0.4) is 0 Å². The molecule has 0 saturated carbocycles. The standard InChI is InChI=1S/C15H17ClN4O/c1-20(9-11-4-6-13(16)7-5-11)10-12-3-2-8-18-14(12)15(17)19-21/h2-8,21H,9-10H2,1H3,(H2,17,19). The second-order valence-corrected chi connectivity index (χ2v) is 5.23. The molecule has 0 bridgehead atoms. The highest BCUT2D eigenvalue weighted by molar-refractivity contribution is 6.30. The Kier molecular flexibility index (Phi) is 5.14. The summed E-state index contributed by atoms with van der Waals surface area (Å²) in [7, 11) is 2.00. The zero-order valence-electron chi connectivity index (χ0n) is 11.7. The van der Waals surface area contributed by atoms with E-state index < -0.39 is 0 Å². The fourth-order valence-electron chi connectivity index (χ4n) is 2.09. The van der Waals surface area contributed by atoms with Crippen LogP contribution in [0.1, 0.15) is 16.8 Å². The van der Waals surface area contributed by atoms with Gasteiger partial charge in [0.25, 0.3) is 0 Å². The molecule has 2 aromatic rings. The highest BCUT2D eigenvalue weighted by Gasteiger charge is 2.10. The van der Waals surface area contributed by atoms with Gasteiger partial charge in [-0.1, -0.05) is 35.0 Å². The van der Waals surface area contributed by atoms with Gasteiger partial charge in [0.1, 0.15) is 5.69 Å². The van der Waals surface area contributed by atoms with Gasteiger partial charge in [-0.15, -0.1) is 0 Å². The molecule has 6 heteroatoms. The number of aromatic nitrogens is 1. The van der Waals surface area contributed by atoms with Gasteiger partial charge in [0.15, 0.2) is 5.84 Å². The summed E-state index contributed by atoms with van der Waals surface area (Å²) in [6, 6.07) is 11.5. The third-order valence-corrected chi connectivity index (χ3v) is 3.30. The Hall–Kier alpha value is -2.11. The lowest BCUT2D eigenvalue weighted by Crippen LogP contribution is -2.22. The summed E-state index contributed by atoms with van der Waals surface area (Å²) in [5.74, 6) is 0.0190. The van der Waals surface area contributed by atoms with E-state index in [9.17, 15) is 0 Å². The summed E-state index contributed by atoms with van der Waals surface area (Å²) < 4.78 is 0. The highest BCUT2D eigenvalue weighted by Crippen LogP contribution is 2.13. The number of hydrogen-bond donors (Lipinski definition) is 2. The molecule has 0 fully saturated rings. The molecule has 21 heavy (non-hydrogen) atoms. The SMILES string of the molecule is CN(Cc1ccc(Cl)cc1)Cc1cccnc1C(N)=NO. The van der Waals surface area contributed by atoms with Crippen LogP contribution in [0, 0.1) is 0 Å². The minimum Gasteiger partial charge on any atom is -0.409 e. The van der Waals surface area contributed by atoms with Crippen molar-refractivity contribution >= 4 is 17.4 Å². The van der Waals surface area contributed by atoms with E-state index in [0.717, 1.165) is 22.7 Å². The average Bonchev–Trinajstić information content (AvgIpc) is 2.49. The Morgan fingerprint density at radius 3 is 2.67 bits per heavy atom. The van der Waals surface area contributed by atoms with Crippen molar-refractivity contribution in [1.29, 1.82) is 0 Å². The van der Waals surface area contributed by atoms with E-state index in [1.165, 1.54) is 0 Å². The van der Waals surface area contributed by atoms with Crippen LogP contribution in [0.15, 0.2) is 47.8 Å². The van der Waals surface area contributed by atoms with Crippen LogP contribution < -0.4 is 5.73 Å². The number of halogens is 1. The third kappa shape index (κ3) is 4.18. The second-order valence-electron chi connectivity index (χ2n) is 4.80. The number of hydrogen-bond acceptors (Lipinski definition) is 4. The van der Waals surface area contributed by atoms with E-state index in [-0.39, 0.29) is 5.84 Å². The van der Waals surface area contributed by atoms with E-state index in [4.69, 9.17) is 22.5 Å². The van der Waals surface area contributed by atoms with Crippen LogP contribution in [-0.4, -0.2) is 28.0 Å². The predicted molar refractivity (Wildman–Crippen MR) is 83.4 cm³/mol. The first-order chi connectivity index (χ1) is 10.1. The molecule has 0 saturated heterocycles. The Morgan fingerprint density at radius 1 is 1.29 bits per heavy atom. The topological polar surface area (TPSA) is 74.7 Å². The molecule has 0 atom stereocenters. The zero-order valence-corrected chi connectivity index (χ0v) is 12.5. The van der Waals surface area contributed by atoms with E-state index >= 15 is 0 Å². The molecular formula is C15H17ClN4O. The maximum atomic E-state index is 8.80. The van der Waals surface area contributed by atoms with Gasteiger partial charge in [-0.2, -0.15) is 0 Å². The van der Waals surface area contributed by atoms with Crippen molar-refractivity contribution in [2.45, 2.75) is 13.1 Å². The van der Waals surface area contributed by atoms with Crippen molar-refractivity contribution in [3.63, 3.8) is 0 Å². The Bertz CT molecular complexity index is 628. The summed E-state index contributed by atoms with van der Waals surface area (Å²) in [5, 5.41) is 12.5. The van der Waals surface area contributed by atoms with E-state index in [0.29, 0.717) is 12.2 Å². The van der Waals surface area contributed by atoms with Gasteiger partial charge in [-0.3, -0.25) is 9.88 Å². The van der Waals surface area contributed by atoms with Gasteiger partial charge in [0.05, 0.1) is 0 Å². The quantitative estimate of drug-likeness (QED) is 0.385. The first kappa shape index (κ1) is 15.3. The molecule has 0 radical (unpaired) electrons. The first-order valence-electron chi connectivity index (χ1n) is 6.45. The Labute approximate surface area is 128 Å². The summed E-state index contributed by atoms with van der Waals surface area (Å²) >= 11 is 5.88. The predicted octanol–water partition coefficient (Wildman–Crippen LogP) is 2.46. The maximum absolute atomic E-state index is 8.80. The first-order valence-corrected chi connectivity index (χ1v) is 6.82. The van der Waals surface area contributed by atoms with Gasteiger partial charge in [0, 0.05) is 24.3 Å². The van der Waals surface area contributed by atoms with Crippen LogP contribution in [-0.2, 0) is 13.1 Å². The van der Waals surface area contributed by atoms with Crippen molar-refractivity contribution in [3.05, 3.63) is 64.4 Å². The molecule has 1 heterocycles. The maximum Gasteiger partial charge on any atom is 0.189 e. The van der Waals surface area contributed by atoms with Gasteiger partial charge in [0.2, 0.25) is 0 Å². The van der Waals surface area contributed by atoms with Crippen molar-refractivity contribution in [1.82, 2.24) is 9.88 Å². The molecule has 5 nitrogen and oxygen atoms in total. The van der Waals surface area contributed by atoms with Crippen LogP contribution >= 0.6 is 11.6 Å². The average molecular weight is 305 g/mol. The molecule has 3 N–H and O–H groups in total. The highest BCUT2D eigenvalue weighted by atomic mass is 35.5. The molecular weight excluding hydrogens is 288 g/mol. The van der Waals surface area contributed by atoms with Crippen LogP contribution in [0.25, 0.3) is 0 Å². The molecule has 0 aliphatic heterocycles. The lowest BCUT2D eigenvalue weighted by Gasteiger charge is -2.18. The molecule has 1 aromatic heterocycles. The minimum atomic E-state index is 0.0190. The zero-order chi connectivity index (χ0) is 15.2. The Balaban J connectivity index is 2.09. The van der Waals surface area contributed by atoms with Gasteiger partial charge in [-0.05, 0) is 36.4 Å². The van der Waals surface area contributed by atoms with Crippen LogP contribution in [0.2, 0.25) is 5.02 Å². The summed E-state index contributed by atoms with van der Waals surface area (Å²) in [6.45, 7) is 1.41. The lowest BCUT2D eigenvalue weighted by atomic mass is 10.1. The van der Waals surface area contributed by atoms with Crippen molar-refractivity contribution in [2.75, 3.05) is 7.05 Å². The monoisotopic (exact) mass is 304 g/mol. The van der Waals surface area contributed by atoms with Crippen molar-refractivity contribution < 1.29 is 5.21 Å². The second kappa shape index (κ2) is 7.06. The number of oxime groups is 1. The number of rotatable bonds is 5. The van der Waals surface area contributed by atoms with Crippen LogP contribution in [0.4, 0.5) is 0 Å². The van der Waals surface area contributed by atoms with Crippen LogP contribution in [0.5, 0.6) is 0 Å². The van der Waals surface area contributed by atoms with E-state index in [1.807, 2.05) is 43.4 Å². The van der Waals surface area contributed by atoms with Gasteiger partial charge in [-0.25, -0.2) is 0 Å². The van der Waals surface area contributed by atoms with Crippen molar-refractivity contribution in [2.24, 2.45) is 10.9 Å². The molecule has 1 aromatic carbocycles. The van der Waals surface area contributed by atoms with E-state index in [1.54, 1.807) is 6.20 Å². The number of pyridine rings is 1.